The first-order chi connectivity index (χ1) is 5.33. The van der Waals surface area contributed by atoms with E-state index in [1.165, 1.54) is 12.8 Å². The first-order valence-electron chi connectivity index (χ1n) is 4.20. The highest BCUT2D eigenvalue weighted by atomic mass is 16.1. The van der Waals surface area contributed by atoms with Gasteiger partial charge in [0, 0.05) is 13.0 Å². The van der Waals surface area contributed by atoms with Gasteiger partial charge in [0.2, 0.25) is 5.91 Å². The van der Waals surface area contributed by atoms with E-state index in [0.717, 1.165) is 6.42 Å². The van der Waals surface area contributed by atoms with Crippen LogP contribution in [0.25, 0.3) is 0 Å². The van der Waals surface area contributed by atoms with Crippen molar-refractivity contribution in [2.75, 3.05) is 6.54 Å². The molecule has 11 heavy (non-hydrogen) atoms. The Hall–Kier alpha value is -0.790. The zero-order chi connectivity index (χ0) is 8.10. The number of allylic oxidation sites excluding steroid dienone is 1. The molecule has 0 atom stereocenters. The monoisotopic (exact) mass is 153 g/mol. The molecule has 62 valence electrons. The average molecular weight is 153 g/mol. The van der Waals surface area contributed by atoms with E-state index in [2.05, 4.69) is 5.32 Å². The second-order valence-corrected chi connectivity index (χ2v) is 3.02. The van der Waals surface area contributed by atoms with Gasteiger partial charge in [0.05, 0.1) is 0 Å². The van der Waals surface area contributed by atoms with Crippen molar-refractivity contribution >= 4 is 5.91 Å². The maximum Gasteiger partial charge on any atom is 0.220 e. The molecular weight excluding hydrogens is 138 g/mol. The highest BCUT2D eigenvalue weighted by molar-refractivity contribution is 5.76. The smallest absolute Gasteiger partial charge is 0.220 e. The molecule has 0 unspecified atom stereocenters. The van der Waals surface area contributed by atoms with Gasteiger partial charge < -0.3 is 5.32 Å². The van der Waals surface area contributed by atoms with Crippen LogP contribution in [0.5, 0.6) is 0 Å². The summed E-state index contributed by atoms with van der Waals surface area (Å²) in [7, 11) is 0. The van der Waals surface area contributed by atoms with E-state index in [1.807, 2.05) is 19.1 Å². The first kappa shape index (κ1) is 8.31. The molecule has 0 saturated heterocycles. The van der Waals surface area contributed by atoms with E-state index in [0.29, 0.717) is 12.5 Å². The lowest BCUT2D eigenvalue weighted by Gasteiger charge is -1.99. The van der Waals surface area contributed by atoms with Crippen LogP contribution in [0.3, 0.4) is 0 Å². The largest absolute Gasteiger partial charge is 0.353 e. The van der Waals surface area contributed by atoms with Crippen LogP contribution in [0.15, 0.2) is 12.2 Å². The van der Waals surface area contributed by atoms with Gasteiger partial charge in [0.15, 0.2) is 0 Å². The fraction of sp³-hybridized carbons (Fsp3) is 0.667. The molecule has 0 heterocycles. The highest BCUT2D eigenvalue weighted by Crippen LogP contribution is 2.31. The molecule has 2 heteroatoms. The summed E-state index contributed by atoms with van der Waals surface area (Å²) < 4.78 is 0. The summed E-state index contributed by atoms with van der Waals surface area (Å²) in [5.74, 6) is 0.895. The van der Waals surface area contributed by atoms with Crippen LogP contribution in [0.2, 0.25) is 0 Å². The molecule has 2 nitrogen and oxygen atoms in total. The van der Waals surface area contributed by atoms with Crippen LogP contribution in [0.4, 0.5) is 0 Å². The number of hydrogen-bond donors (Lipinski definition) is 1. The standard InChI is InChI=1S/C9H15NO/c1-2-3-6-10-9(11)7-8-4-5-8/h2-3,8H,4-7H2,1H3,(H,10,11)/b3-2-. The molecule has 1 aliphatic carbocycles. The van der Waals surface area contributed by atoms with Crippen molar-refractivity contribution in [2.45, 2.75) is 26.2 Å². The van der Waals surface area contributed by atoms with Crippen LogP contribution in [0, 0.1) is 5.92 Å². The maximum atomic E-state index is 11.0. The Labute approximate surface area is 67.7 Å². The molecule has 1 N–H and O–H groups in total. The first-order valence-corrected chi connectivity index (χ1v) is 4.20. The normalized spacial score (nSPS) is 17.2. The predicted molar refractivity (Wildman–Crippen MR) is 45.2 cm³/mol. The molecule has 1 amide bonds. The van der Waals surface area contributed by atoms with E-state index in [1.54, 1.807) is 0 Å². The molecular formula is C9H15NO. The van der Waals surface area contributed by atoms with Crippen molar-refractivity contribution in [3.05, 3.63) is 12.2 Å². The van der Waals surface area contributed by atoms with E-state index in [9.17, 15) is 4.79 Å². The SMILES string of the molecule is C/C=C\CNC(=O)CC1CC1. The van der Waals surface area contributed by atoms with Crippen molar-refractivity contribution in [2.24, 2.45) is 5.92 Å². The third-order valence-corrected chi connectivity index (χ3v) is 1.82. The third kappa shape index (κ3) is 3.81. The van der Waals surface area contributed by atoms with Crippen LogP contribution in [0.1, 0.15) is 26.2 Å². The number of nitrogens with one attached hydrogen (secondary N) is 1. The highest BCUT2D eigenvalue weighted by Gasteiger charge is 2.23. The second kappa shape index (κ2) is 4.16. The summed E-state index contributed by atoms with van der Waals surface area (Å²) in [5, 5.41) is 2.83. The van der Waals surface area contributed by atoms with Gasteiger partial charge in [0.1, 0.15) is 0 Å². The van der Waals surface area contributed by atoms with Crippen molar-refractivity contribution in [1.29, 1.82) is 0 Å². The van der Waals surface area contributed by atoms with Crippen molar-refractivity contribution in [3.63, 3.8) is 0 Å². The summed E-state index contributed by atoms with van der Waals surface area (Å²) in [6.07, 6.45) is 7.12. The minimum absolute atomic E-state index is 0.200. The zero-order valence-electron chi connectivity index (χ0n) is 6.97. The number of carbonyl (C=O) groups excluding carboxylic acids is 1. The molecule has 1 aliphatic rings. The van der Waals surface area contributed by atoms with E-state index in [4.69, 9.17) is 0 Å². The Balaban J connectivity index is 2.00. The lowest BCUT2D eigenvalue weighted by molar-refractivity contribution is -0.121. The van der Waals surface area contributed by atoms with Gasteiger partial charge in [-0.2, -0.15) is 0 Å². The van der Waals surface area contributed by atoms with Crippen LogP contribution in [-0.4, -0.2) is 12.5 Å². The lowest BCUT2D eigenvalue weighted by atomic mass is 10.3. The lowest BCUT2D eigenvalue weighted by Crippen LogP contribution is -2.23. The minimum atomic E-state index is 0.200. The minimum Gasteiger partial charge on any atom is -0.353 e. The molecule has 1 saturated carbocycles. The molecule has 0 aliphatic heterocycles. The Morgan fingerprint density at radius 3 is 2.91 bits per heavy atom. The second-order valence-electron chi connectivity index (χ2n) is 3.02. The molecule has 0 bridgehead atoms. The fourth-order valence-corrected chi connectivity index (χ4v) is 0.947. The van der Waals surface area contributed by atoms with Crippen LogP contribution in [-0.2, 0) is 4.79 Å². The van der Waals surface area contributed by atoms with Gasteiger partial charge in [-0.3, -0.25) is 4.79 Å². The quantitative estimate of drug-likeness (QED) is 0.609. The Morgan fingerprint density at radius 2 is 2.36 bits per heavy atom. The summed E-state index contributed by atoms with van der Waals surface area (Å²) in [5.41, 5.74) is 0. The summed E-state index contributed by atoms with van der Waals surface area (Å²) in [6, 6.07) is 0. The Kier molecular flexibility index (Phi) is 3.14. The zero-order valence-corrected chi connectivity index (χ0v) is 6.97. The molecule has 0 spiro atoms. The molecule has 0 radical (unpaired) electrons. The molecule has 0 aromatic heterocycles. The Bertz CT molecular complexity index is 159. The van der Waals surface area contributed by atoms with Gasteiger partial charge >= 0.3 is 0 Å². The third-order valence-electron chi connectivity index (χ3n) is 1.82. The van der Waals surface area contributed by atoms with Gasteiger partial charge in [-0.05, 0) is 25.7 Å². The van der Waals surface area contributed by atoms with Gasteiger partial charge in [-0.25, -0.2) is 0 Å². The van der Waals surface area contributed by atoms with Crippen LogP contribution >= 0.6 is 0 Å². The average Bonchev–Trinajstić information content (AvgIpc) is 2.72. The predicted octanol–water partition coefficient (Wildman–Crippen LogP) is 1.48. The molecule has 1 fully saturated rings. The summed E-state index contributed by atoms with van der Waals surface area (Å²) in [6.45, 7) is 2.63. The molecule has 0 aromatic carbocycles. The number of hydrogen-bond acceptors (Lipinski definition) is 1. The van der Waals surface area contributed by atoms with Crippen LogP contribution < -0.4 is 5.32 Å². The van der Waals surface area contributed by atoms with E-state index < -0.39 is 0 Å². The Morgan fingerprint density at radius 1 is 1.64 bits per heavy atom. The van der Waals surface area contributed by atoms with Crippen molar-refractivity contribution < 1.29 is 4.79 Å². The van der Waals surface area contributed by atoms with Gasteiger partial charge in [-0.1, -0.05) is 12.2 Å². The van der Waals surface area contributed by atoms with E-state index in [-0.39, 0.29) is 5.91 Å². The van der Waals surface area contributed by atoms with Gasteiger partial charge in [0.25, 0.3) is 0 Å². The molecule has 0 aromatic rings. The summed E-state index contributed by atoms with van der Waals surface area (Å²) in [4.78, 5) is 11.0. The van der Waals surface area contributed by atoms with E-state index >= 15 is 0 Å². The number of amides is 1. The van der Waals surface area contributed by atoms with Crippen molar-refractivity contribution in [3.8, 4) is 0 Å². The fourth-order valence-electron chi connectivity index (χ4n) is 0.947. The van der Waals surface area contributed by atoms with Gasteiger partial charge in [-0.15, -0.1) is 0 Å². The number of carbonyl (C=O) groups is 1. The number of rotatable bonds is 4. The topological polar surface area (TPSA) is 29.1 Å². The maximum absolute atomic E-state index is 11.0. The summed E-state index contributed by atoms with van der Waals surface area (Å²) >= 11 is 0. The van der Waals surface area contributed by atoms with Crippen molar-refractivity contribution in [1.82, 2.24) is 5.32 Å². The molecule has 1 rings (SSSR count).